The maximum Gasteiger partial charge on any atom is 0.271 e. The van der Waals surface area contributed by atoms with Crippen molar-refractivity contribution in [2.75, 3.05) is 0 Å². The van der Waals surface area contributed by atoms with Crippen molar-refractivity contribution in [3.8, 4) is 0 Å². The summed E-state index contributed by atoms with van der Waals surface area (Å²) in [7, 11) is -3.67. The molecule has 60 valence electrons. The van der Waals surface area contributed by atoms with Gasteiger partial charge in [-0.2, -0.15) is 8.42 Å². The zero-order chi connectivity index (χ0) is 8.78. The van der Waals surface area contributed by atoms with E-state index in [0.29, 0.717) is 0 Å². The molecule has 0 aliphatic rings. The summed E-state index contributed by atoms with van der Waals surface area (Å²) in [5, 5.41) is 8.21. The number of hydrogen-bond donors (Lipinski definition) is 3. The van der Waals surface area contributed by atoms with Crippen LogP contribution in [0.5, 0.6) is 0 Å². The Labute approximate surface area is 58.9 Å². The van der Waals surface area contributed by atoms with Crippen LogP contribution in [0.1, 0.15) is 0 Å². The quantitative estimate of drug-likeness (QED) is 0.383. The predicted octanol–water partition coefficient (Wildman–Crippen LogP) is -2.19. The summed E-state index contributed by atoms with van der Waals surface area (Å²) in [5.74, 6) is -0.481. The lowest BCUT2D eigenvalue weighted by atomic mass is 10.6. The van der Waals surface area contributed by atoms with Gasteiger partial charge in [-0.05, 0) is 6.08 Å². The molecule has 0 heterocycles. The second kappa shape index (κ2) is 4.91. The third-order valence-electron chi connectivity index (χ3n) is 0.201. The van der Waals surface area contributed by atoms with Gasteiger partial charge in [0.2, 0.25) is 5.91 Å². The molecule has 0 rings (SSSR count). The average Bonchev–Trinajstić information content (AvgIpc) is 1.61. The highest BCUT2D eigenvalue weighted by atomic mass is 32.2. The third kappa shape index (κ3) is 224. The molecule has 7 heteroatoms. The molecule has 1 amide bonds. The van der Waals surface area contributed by atoms with Crippen LogP contribution in [-0.2, 0) is 15.0 Å². The van der Waals surface area contributed by atoms with Crippen LogP contribution in [0.2, 0.25) is 0 Å². The molecule has 0 aliphatic carbocycles. The fourth-order valence-electron chi connectivity index (χ4n) is 0. The first-order valence-electron chi connectivity index (χ1n) is 1.99. The van der Waals surface area contributed by atoms with Gasteiger partial charge < -0.3 is 5.73 Å². The molecule has 0 atom stereocenters. The molecule has 0 saturated heterocycles. The minimum atomic E-state index is -3.67. The first kappa shape index (κ1) is 11.8. The van der Waals surface area contributed by atoms with Crippen LogP contribution in [-0.4, -0.2) is 14.3 Å². The fraction of sp³-hybridized carbons (Fsp3) is 0. The Morgan fingerprint density at radius 3 is 1.50 bits per heavy atom. The minimum Gasteiger partial charge on any atom is -0.366 e. The van der Waals surface area contributed by atoms with E-state index in [1.807, 2.05) is 0 Å². The second-order valence-electron chi connectivity index (χ2n) is 1.20. The van der Waals surface area contributed by atoms with Crippen LogP contribution in [0.4, 0.5) is 0 Å². The molecule has 0 bridgehead atoms. The van der Waals surface area contributed by atoms with E-state index < -0.39 is 16.1 Å². The van der Waals surface area contributed by atoms with Gasteiger partial charge in [-0.15, -0.1) is 0 Å². The van der Waals surface area contributed by atoms with Crippen molar-refractivity contribution < 1.29 is 13.2 Å². The van der Waals surface area contributed by atoms with Crippen LogP contribution >= 0.6 is 0 Å². The van der Waals surface area contributed by atoms with Crippen molar-refractivity contribution in [2.45, 2.75) is 0 Å². The lowest BCUT2D eigenvalue weighted by Crippen LogP contribution is -2.21. The summed E-state index contributed by atoms with van der Waals surface area (Å²) >= 11 is 0. The first-order chi connectivity index (χ1) is 4.27. The molecule has 0 saturated carbocycles. The number of carbonyl (C=O) groups is 1. The summed E-state index contributed by atoms with van der Waals surface area (Å²) in [6.45, 7) is 3.09. The van der Waals surface area contributed by atoms with E-state index in [2.05, 4.69) is 22.6 Å². The van der Waals surface area contributed by atoms with Crippen LogP contribution in [0.25, 0.3) is 0 Å². The van der Waals surface area contributed by atoms with Crippen molar-refractivity contribution in [1.29, 1.82) is 0 Å². The Bertz CT molecular complexity index is 199. The highest BCUT2D eigenvalue weighted by molar-refractivity contribution is 7.86. The molecule has 0 spiro atoms. The zero-order valence-electron chi connectivity index (χ0n) is 5.15. The molecule has 0 unspecified atom stereocenters. The second-order valence-corrected chi connectivity index (χ2v) is 2.37. The molecule has 0 aromatic rings. The van der Waals surface area contributed by atoms with Crippen molar-refractivity contribution >= 4 is 16.1 Å². The number of amides is 1. The lowest BCUT2D eigenvalue weighted by Gasteiger charge is -1.72. The van der Waals surface area contributed by atoms with E-state index in [1.165, 1.54) is 0 Å². The van der Waals surface area contributed by atoms with Gasteiger partial charge >= 0.3 is 0 Å². The summed E-state index contributed by atoms with van der Waals surface area (Å²) in [5.41, 5.74) is 4.53. The van der Waals surface area contributed by atoms with Gasteiger partial charge in [0.1, 0.15) is 0 Å². The summed E-state index contributed by atoms with van der Waals surface area (Å²) in [4.78, 5) is 9.47. The van der Waals surface area contributed by atoms with Gasteiger partial charge in [0.05, 0.1) is 0 Å². The van der Waals surface area contributed by atoms with E-state index in [9.17, 15) is 13.2 Å². The normalized spacial score (nSPS) is 9.00. The Balaban J connectivity index is 0. The van der Waals surface area contributed by atoms with Gasteiger partial charge in [-0.1, -0.05) is 6.58 Å². The molecule has 6 nitrogen and oxygen atoms in total. The monoisotopic (exact) mass is 167 g/mol. The van der Waals surface area contributed by atoms with Crippen LogP contribution in [0, 0.1) is 0 Å². The van der Waals surface area contributed by atoms with E-state index >= 15 is 0 Å². The van der Waals surface area contributed by atoms with E-state index in [1.54, 1.807) is 0 Å². The van der Waals surface area contributed by atoms with Crippen LogP contribution in [0.3, 0.4) is 0 Å². The standard InChI is InChI=1S/C3H5NO.H4N2O2S/c1-2-3(4)5;1-5(2,3)4/h2H,1H2,(H2,4,5);(H4,1,2,3,4). The van der Waals surface area contributed by atoms with Crippen molar-refractivity contribution in [2.24, 2.45) is 16.0 Å². The smallest absolute Gasteiger partial charge is 0.271 e. The van der Waals surface area contributed by atoms with Crippen molar-refractivity contribution in [1.82, 2.24) is 0 Å². The number of primary amides is 1. The van der Waals surface area contributed by atoms with Gasteiger partial charge in [0, 0.05) is 0 Å². The lowest BCUT2D eigenvalue weighted by molar-refractivity contribution is -0.113. The van der Waals surface area contributed by atoms with Gasteiger partial charge in [0.25, 0.3) is 10.2 Å². The maximum absolute atomic E-state index is 9.47. The Hall–Kier alpha value is -0.920. The molecule has 10 heavy (non-hydrogen) atoms. The number of nitrogens with two attached hydrogens (primary N) is 3. The number of carbonyl (C=O) groups excluding carboxylic acids is 1. The first-order valence-corrected chi connectivity index (χ1v) is 3.60. The van der Waals surface area contributed by atoms with Crippen molar-refractivity contribution in [3.63, 3.8) is 0 Å². The molecule has 6 N–H and O–H groups in total. The predicted molar refractivity (Wildman–Crippen MR) is 36.7 cm³/mol. The SMILES string of the molecule is C=CC(N)=O.NS(N)(=O)=O. The molecule has 0 aliphatic heterocycles. The molecular weight excluding hydrogens is 158 g/mol. The van der Waals surface area contributed by atoms with E-state index in [4.69, 9.17) is 0 Å². The van der Waals surface area contributed by atoms with Gasteiger partial charge in [0.15, 0.2) is 0 Å². The Kier molecular flexibility index (Phi) is 5.81. The molecule has 0 aromatic carbocycles. The Morgan fingerprint density at radius 2 is 1.50 bits per heavy atom. The minimum absolute atomic E-state index is 0.481. The number of hydrogen-bond acceptors (Lipinski definition) is 3. The summed E-state index contributed by atoms with van der Waals surface area (Å²) < 4.78 is 18.4. The highest BCUT2D eigenvalue weighted by Gasteiger charge is 1.78. The van der Waals surface area contributed by atoms with E-state index in [-0.39, 0.29) is 0 Å². The number of rotatable bonds is 1. The topological polar surface area (TPSA) is 129 Å². The average molecular weight is 167 g/mol. The van der Waals surface area contributed by atoms with Crippen LogP contribution in [0.15, 0.2) is 12.7 Å². The summed E-state index contributed by atoms with van der Waals surface area (Å²) in [6, 6.07) is 0. The molecule has 0 radical (unpaired) electrons. The van der Waals surface area contributed by atoms with Gasteiger partial charge in [-0.3, -0.25) is 4.79 Å². The van der Waals surface area contributed by atoms with Gasteiger partial charge in [-0.25, -0.2) is 10.3 Å². The highest BCUT2D eigenvalue weighted by Crippen LogP contribution is 1.48. The molecule has 0 fully saturated rings. The van der Waals surface area contributed by atoms with Crippen molar-refractivity contribution in [3.05, 3.63) is 12.7 Å². The Morgan fingerprint density at radius 1 is 1.40 bits per heavy atom. The van der Waals surface area contributed by atoms with Crippen LogP contribution < -0.4 is 16.0 Å². The molecule has 0 aromatic heterocycles. The largest absolute Gasteiger partial charge is 0.366 e. The fourth-order valence-corrected chi connectivity index (χ4v) is 0. The summed E-state index contributed by atoms with van der Waals surface area (Å²) in [6.07, 6.45) is 1.06. The van der Waals surface area contributed by atoms with E-state index in [0.717, 1.165) is 6.08 Å². The zero-order valence-corrected chi connectivity index (χ0v) is 5.97. The molecular formula is C3H9N3O3S. The third-order valence-corrected chi connectivity index (χ3v) is 0.201. The maximum atomic E-state index is 9.47.